The van der Waals surface area contributed by atoms with Gasteiger partial charge in [0, 0.05) is 19.4 Å². The van der Waals surface area contributed by atoms with Crippen molar-refractivity contribution in [3.05, 3.63) is 36.9 Å². The Bertz CT molecular complexity index is 364. The summed E-state index contributed by atoms with van der Waals surface area (Å²) < 4.78 is 1.78. The summed E-state index contributed by atoms with van der Waals surface area (Å²) >= 11 is 0. The third-order valence-corrected chi connectivity index (χ3v) is 1.57. The fraction of sp³-hybridized carbons (Fsp3) is 0.111. The van der Waals surface area contributed by atoms with E-state index in [1.54, 1.807) is 10.8 Å². The van der Waals surface area contributed by atoms with E-state index in [-0.39, 0.29) is 0 Å². The van der Waals surface area contributed by atoms with Gasteiger partial charge in [0.05, 0.1) is 5.69 Å². The number of hydrogen-bond donors (Lipinski definition) is 0. The molecule has 0 aliphatic rings. The Morgan fingerprint density at radius 3 is 2.83 bits per heavy atom. The topological polar surface area (TPSA) is 30.7 Å². The van der Waals surface area contributed by atoms with E-state index < -0.39 is 0 Å². The van der Waals surface area contributed by atoms with Crippen molar-refractivity contribution in [3.8, 4) is 11.4 Å². The van der Waals surface area contributed by atoms with Crippen LogP contribution in [0.25, 0.3) is 11.4 Å². The first-order valence-corrected chi connectivity index (χ1v) is 3.69. The second-order valence-corrected chi connectivity index (χ2v) is 2.55. The van der Waals surface area contributed by atoms with E-state index in [2.05, 4.69) is 16.3 Å². The standard InChI is InChI=1S/C9H8N3/c1-12-6-9(11-7-12)8-4-2-3-5-10-8/h2-6H,1H3. The SMILES string of the molecule is Cn1[c]nc(-c2ccccn2)c1. The van der Waals surface area contributed by atoms with Crippen molar-refractivity contribution in [2.75, 3.05) is 0 Å². The maximum Gasteiger partial charge on any atom is 0.176 e. The highest BCUT2D eigenvalue weighted by molar-refractivity contribution is 5.51. The van der Waals surface area contributed by atoms with E-state index in [9.17, 15) is 0 Å². The molecule has 59 valence electrons. The average Bonchev–Trinajstić information content (AvgIpc) is 2.54. The molecule has 2 heterocycles. The largest absolute Gasteiger partial charge is 0.331 e. The van der Waals surface area contributed by atoms with Crippen molar-refractivity contribution in [1.82, 2.24) is 14.5 Å². The smallest absolute Gasteiger partial charge is 0.176 e. The monoisotopic (exact) mass is 158 g/mol. The molecule has 1 radical (unpaired) electrons. The number of aromatic nitrogens is 3. The van der Waals surface area contributed by atoms with E-state index in [0.29, 0.717) is 0 Å². The maximum absolute atomic E-state index is 4.17. The molecule has 12 heavy (non-hydrogen) atoms. The highest BCUT2D eigenvalue weighted by atomic mass is 15.0. The molecule has 3 nitrogen and oxygen atoms in total. The molecule has 2 aromatic heterocycles. The number of rotatable bonds is 1. The van der Waals surface area contributed by atoms with E-state index >= 15 is 0 Å². The Balaban J connectivity index is 2.45. The predicted molar refractivity (Wildman–Crippen MR) is 45.3 cm³/mol. The van der Waals surface area contributed by atoms with Gasteiger partial charge in [-0.05, 0) is 12.1 Å². The average molecular weight is 158 g/mol. The molecule has 0 aliphatic carbocycles. The zero-order chi connectivity index (χ0) is 8.39. The lowest BCUT2D eigenvalue weighted by atomic mass is 10.3. The van der Waals surface area contributed by atoms with E-state index in [1.165, 1.54) is 0 Å². The zero-order valence-corrected chi connectivity index (χ0v) is 6.73. The fourth-order valence-corrected chi connectivity index (χ4v) is 1.01. The molecule has 0 atom stereocenters. The molecule has 0 fully saturated rings. The van der Waals surface area contributed by atoms with Gasteiger partial charge in [-0.3, -0.25) is 4.98 Å². The molecule has 0 aliphatic heterocycles. The first-order chi connectivity index (χ1) is 5.86. The van der Waals surface area contributed by atoms with Crippen molar-refractivity contribution in [3.63, 3.8) is 0 Å². The predicted octanol–water partition coefficient (Wildman–Crippen LogP) is 1.28. The van der Waals surface area contributed by atoms with Crippen LogP contribution in [0.3, 0.4) is 0 Å². The Morgan fingerprint density at radius 1 is 1.33 bits per heavy atom. The summed E-state index contributed by atoms with van der Waals surface area (Å²) in [4.78, 5) is 8.23. The lowest BCUT2D eigenvalue weighted by Crippen LogP contribution is -1.81. The molecule has 2 aromatic rings. The van der Waals surface area contributed by atoms with Gasteiger partial charge in [-0.1, -0.05) is 6.07 Å². The Hall–Kier alpha value is -1.64. The van der Waals surface area contributed by atoms with Crippen molar-refractivity contribution in [2.45, 2.75) is 0 Å². The van der Waals surface area contributed by atoms with Gasteiger partial charge >= 0.3 is 0 Å². The maximum atomic E-state index is 4.17. The van der Waals surface area contributed by atoms with Crippen LogP contribution in [0.15, 0.2) is 30.6 Å². The molecule has 3 heteroatoms. The lowest BCUT2D eigenvalue weighted by Gasteiger charge is -1.91. The minimum absolute atomic E-state index is 0.859. The van der Waals surface area contributed by atoms with Gasteiger partial charge in [-0.2, -0.15) is 0 Å². The first kappa shape index (κ1) is 7.03. The van der Waals surface area contributed by atoms with Gasteiger partial charge in [-0.25, -0.2) is 4.98 Å². The molecule has 2 rings (SSSR count). The molecule has 0 saturated heterocycles. The normalized spacial score (nSPS) is 10.1. The molecule has 0 saturated carbocycles. The number of hydrogen-bond acceptors (Lipinski definition) is 2. The lowest BCUT2D eigenvalue weighted by molar-refractivity contribution is 0.902. The van der Waals surface area contributed by atoms with Gasteiger partial charge in [0.1, 0.15) is 5.69 Å². The molecule has 0 amide bonds. The quantitative estimate of drug-likeness (QED) is 0.626. The molecular formula is C9H8N3. The molecule has 0 N–H and O–H groups in total. The number of pyridine rings is 1. The van der Waals surface area contributed by atoms with Gasteiger partial charge in [-0.15, -0.1) is 0 Å². The van der Waals surface area contributed by atoms with Crippen LogP contribution >= 0.6 is 0 Å². The van der Waals surface area contributed by atoms with Gasteiger partial charge in [0.15, 0.2) is 6.33 Å². The van der Waals surface area contributed by atoms with Gasteiger partial charge < -0.3 is 4.57 Å². The van der Waals surface area contributed by atoms with Crippen LogP contribution in [-0.4, -0.2) is 14.5 Å². The fourth-order valence-electron chi connectivity index (χ4n) is 1.01. The van der Waals surface area contributed by atoms with E-state index in [0.717, 1.165) is 11.4 Å². The first-order valence-electron chi connectivity index (χ1n) is 3.69. The number of nitrogens with zero attached hydrogens (tertiary/aromatic N) is 3. The Labute approximate surface area is 70.7 Å². The van der Waals surface area contributed by atoms with Crippen LogP contribution in [0, 0.1) is 6.33 Å². The zero-order valence-electron chi connectivity index (χ0n) is 6.73. The number of imidazole rings is 1. The Morgan fingerprint density at radius 2 is 2.25 bits per heavy atom. The molecule has 0 spiro atoms. The van der Waals surface area contributed by atoms with Gasteiger partial charge in [0.2, 0.25) is 0 Å². The molecular weight excluding hydrogens is 150 g/mol. The van der Waals surface area contributed by atoms with Crippen LogP contribution in [-0.2, 0) is 7.05 Å². The second kappa shape index (κ2) is 2.77. The summed E-state index contributed by atoms with van der Waals surface area (Å²) in [5.41, 5.74) is 1.74. The van der Waals surface area contributed by atoms with Crippen molar-refractivity contribution >= 4 is 0 Å². The van der Waals surface area contributed by atoms with Crippen LogP contribution in [0.4, 0.5) is 0 Å². The molecule has 0 aromatic carbocycles. The Kier molecular flexibility index (Phi) is 1.63. The minimum atomic E-state index is 0.859. The van der Waals surface area contributed by atoms with Gasteiger partial charge in [0.25, 0.3) is 0 Å². The minimum Gasteiger partial charge on any atom is -0.331 e. The van der Waals surface area contributed by atoms with Crippen molar-refractivity contribution in [2.24, 2.45) is 7.05 Å². The van der Waals surface area contributed by atoms with E-state index in [4.69, 9.17) is 0 Å². The number of aryl methyl sites for hydroxylation is 1. The van der Waals surface area contributed by atoms with Crippen molar-refractivity contribution < 1.29 is 0 Å². The van der Waals surface area contributed by atoms with Crippen LogP contribution in [0.5, 0.6) is 0 Å². The van der Waals surface area contributed by atoms with Crippen LogP contribution < -0.4 is 0 Å². The highest BCUT2D eigenvalue weighted by Crippen LogP contribution is 2.11. The summed E-state index contributed by atoms with van der Waals surface area (Å²) in [7, 11) is 1.89. The second-order valence-electron chi connectivity index (χ2n) is 2.55. The molecule has 0 unspecified atom stereocenters. The third-order valence-electron chi connectivity index (χ3n) is 1.57. The highest BCUT2D eigenvalue weighted by Gasteiger charge is 1.99. The summed E-state index contributed by atoms with van der Waals surface area (Å²) in [5.74, 6) is 0. The third kappa shape index (κ3) is 1.21. The summed E-state index contributed by atoms with van der Waals surface area (Å²) in [6, 6.07) is 5.75. The summed E-state index contributed by atoms with van der Waals surface area (Å²) in [5, 5.41) is 0. The van der Waals surface area contributed by atoms with Crippen LogP contribution in [0.1, 0.15) is 0 Å². The van der Waals surface area contributed by atoms with E-state index in [1.807, 2.05) is 31.4 Å². The summed E-state index contributed by atoms with van der Waals surface area (Å²) in [6.45, 7) is 0. The van der Waals surface area contributed by atoms with Crippen molar-refractivity contribution in [1.29, 1.82) is 0 Å². The molecule has 0 bridgehead atoms. The van der Waals surface area contributed by atoms with Crippen LogP contribution in [0.2, 0.25) is 0 Å². The summed E-state index contributed by atoms with van der Waals surface area (Å²) in [6.07, 6.45) is 6.44.